The molecule has 0 spiro atoms. The Balaban J connectivity index is 1.57. The van der Waals surface area contributed by atoms with Crippen LogP contribution in [-0.4, -0.2) is 11.8 Å². The van der Waals surface area contributed by atoms with E-state index in [1.807, 2.05) is 30.3 Å². The molecule has 4 nitrogen and oxygen atoms in total. The Bertz CT molecular complexity index is 944. The Kier molecular flexibility index (Phi) is 6.18. The number of anilines is 2. The molecule has 136 valence electrons. The normalized spacial score (nSPS) is 10.7. The largest absolute Gasteiger partial charge is 0.326 e. The molecule has 0 saturated carbocycles. The maximum absolute atomic E-state index is 12.1. The molecule has 2 amide bonds. The molecule has 0 atom stereocenters. The summed E-state index contributed by atoms with van der Waals surface area (Å²) in [6.45, 7) is 1.80. The third-order valence-corrected chi connectivity index (χ3v) is 4.94. The van der Waals surface area contributed by atoms with E-state index in [9.17, 15) is 9.59 Å². The van der Waals surface area contributed by atoms with Crippen LogP contribution in [0.15, 0.2) is 72.8 Å². The van der Waals surface area contributed by atoms with Gasteiger partial charge in [-0.15, -0.1) is 11.3 Å². The highest BCUT2D eigenvalue weighted by Crippen LogP contribution is 2.28. The van der Waals surface area contributed by atoms with Crippen LogP contribution in [-0.2, 0) is 9.59 Å². The van der Waals surface area contributed by atoms with Gasteiger partial charge in [0.2, 0.25) is 11.8 Å². The smallest absolute Gasteiger partial charge is 0.248 e. The van der Waals surface area contributed by atoms with Gasteiger partial charge in [-0.25, -0.2) is 0 Å². The molecule has 0 aliphatic heterocycles. The van der Waals surface area contributed by atoms with Crippen molar-refractivity contribution >= 4 is 40.6 Å². The number of benzene rings is 2. The summed E-state index contributed by atoms with van der Waals surface area (Å²) in [6, 6.07) is 21.3. The Hall–Kier alpha value is -3.18. The highest BCUT2D eigenvalue weighted by Gasteiger charge is 2.03. The number of nitrogens with one attached hydrogen (secondary N) is 2. The summed E-state index contributed by atoms with van der Waals surface area (Å²) < 4.78 is 0. The van der Waals surface area contributed by atoms with Gasteiger partial charge in [0.1, 0.15) is 0 Å². The van der Waals surface area contributed by atoms with Crippen molar-refractivity contribution in [3.63, 3.8) is 0 Å². The molecule has 0 aliphatic carbocycles. The molecule has 2 N–H and O–H groups in total. The lowest BCUT2D eigenvalue weighted by atomic mass is 10.2. The first kappa shape index (κ1) is 18.6. The number of hydrogen-bond acceptors (Lipinski definition) is 3. The molecule has 3 aromatic rings. The number of hydrogen-bond donors (Lipinski definition) is 2. The lowest BCUT2D eigenvalue weighted by molar-refractivity contribution is -0.116. The molecule has 27 heavy (non-hydrogen) atoms. The van der Waals surface area contributed by atoms with Gasteiger partial charge in [-0.3, -0.25) is 9.59 Å². The van der Waals surface area contributed by atoms with Crippen LogP contribution >= 0.6 is 11.3 Å². The highest BCUT2D eigenvalue weighted by atomic mass is 32.1. The third-order valence-electron chi connectivity index (χ3n) is 3.84. The van der Waals surface area contributed by atoms with Crippen LogP contribution in [0, 0.1) is 0 Å². The molecular formula is C22H20N2O2S. The fourth-order valence-corrected chi connectivity index (χ4v) is 3.34. The summed E-state index contributed by atoms with van der Waals surface area (Å²) in [5, 5.41) is 5.58. The molecule has 1 aromatic heterocycles. The summed E-state index contributed by atoms with van der Waals surface area (Å²) >= 11 is 1.64. The zero-order valence-corrected chi connectivity index (χ0v) is 15.8. The molecule has 0 fully saturated rings. The molecule has 0 saturated heterocycles. The summed E-state index contributed by atoms with van der Waals surface area (Å²) in [4.78, 5) is 25.7. The molecule has 0 unspecified atom stereocenters. The van der Waals surface area contributed by atoms with Crippen molar-refractivity contribution in [2.24, 2.45) is 0 Å². The summed E-state index contributed by atoms with van der Waals surface area (Å²) in [7, 11) is 0. The van der Waals surface area contributed by atoms with Crippen LogP contribution in [0.25, 0.3) is 16.5 Å². The van der Waals surface area contributed by atoms with E-state index in [1.165, 1.54) is 16.5 Å². The zero-order valence-electron chi connectivity index (χ0n) is 14.9. The van der Waals surface area contributed by atoms with Gasteiger partial charge in [0.15, 0.2) is 0 Å². The average Bonchev–Trinajstić information content (AvgIpc) is 3.17. The van der Waals surface area contributed by atoms with E-state index < -0.39 is 0 Å². The van der Waals surface area contributed by atoms with Crippen LogP contribution in [0.3, 0.4) is 0 Å². The maximum atomic E-state index is 12.1. The quantitative estimate of drug-likeness (QED) is 0.565. The molecule has 0 bridgehead atoms. The zero-order chi connectivity index (χ0) is 19.1. The molecule has 0 radical (unpaired) electrons. The van der Waals surface area contributed by atoms with E-state index in [1.54, 1.807) is 42.5 Å². The standard InChI is InChI=1S/C22H20N2O2S/c1-2-21(25)23-17-8-10-18(11-9-17)24-22(26)15-13-19-12-14-20(27-19)16-6-4-3-5-7-16/h3-15H,2H2,1H3,(H,23,25)(H,24,26). The van der Waals surface area contributed by atoms with Crippen molar-refractivity contribution in [3.05, 3.63) is 77.7 Å². The van der Waals surface area contributed by atoms with E-state index in [2.05, 4.69) is 28.8 Å². The molecule has 3 rings (SSSR count). The fraction of sp³-hybridized carbons (Fsp3) is 0.0909. The monoisotopic (exact) mass is 376 g/mol. The minimum atomic E-state index is -0.199. The minimum Gasteiger partial charge on any atom is -0.326 e. The number of carbonyl (C=O) groups excluding carboxylic acids is 2. The average molecular weight is 376 g/mol. The lowest BCUT2D eigenvalue weighted by Crippen LogP contribution is -2.10. The Morgan fingerprint density at radius 2 is 1.56 bits per heavy atom. The Morgan fingerprint density at radius 1 is 0.889 bits per heavy atom. The van der Waals surface area contributed by atoms with Crippen molar-refractivity contribution in [2.75, 3.05) is 10.6 Å². The van der Waals surface area contributed by atoms with Gasteiger partial charge in [0.05, 0.1) is 0 Å². The van der Waals surface area contributed by atoms with E-state index in [4.69, 9.17) is 0 Å². The fourth-order valence-electron chi connectivity index (χ4n) is 2.43. The van der Waals surface area contributed by atoms with Gasteiger partial charge in [0.25, 0.3) is 0 Å². The van der Waals surface area contributed by atoms with Crippen molar-refractivity contribution in [1.82, 2.24) is 0 Å². The second kappa shape index (κ2) is 8.96. The van der Waals surface area contributed by atoms with Gasteiger partial charge >= 0.3 is 0 Å². The molecule has 0 aliphatic rings. The number of rotatable bonds is 6. The van der Waals surface area contributed by atoms with Crippen molar-refractivity contribution < 1.29 is 9.59 Å². The van der Waals surface area contributed by atoms with E-state index in [-0.39, 0.29) is 11.8 Å². The highest BCUT2D eigenvalue weighted by molar-refractivity contribution is 7.16. The molecule has 1 heterocycles. The van der Waals surface area contributed by atoms with Crippen molar-refractivity contribution in [3.8, 4) is 10.4 Å². The first-order valence-corrected chi connectivity index (χ1v) is 9.50. The van der Waals surface area contributed by atoms with Gasteiger partial charge in [-0.1, -0.05) is 37.3 Å². The Labute approximate surface area is 162 Å². The number of carbonyl (C=O) groups is 2. The predicted molar refractivity (Wildman–Crippen MR) is 113 cm³/mol. The van der Waals surface area contributed by atoms with Crippen LogP contribution < -0.4 is 10.6 Å². The van der Waals surface area contributed by atoms with Crippen LogP contribution in [0.1, 0.15) is 18.2 Å². The van der Waals surface area contributed by atoms with E-state index in [0.717, 1.165) is 4.88 Å². The number of thiophene rings is 1. The van der Waals surface area contributed by atoms with Gasteiger partial charge in [-0.05, 0) is 48.0 Å². The van der Waals surface area contributed by atoms with Gasteiger partial charge < -0.3 is 10.6 Å². The van der Waals surface area contributed by atoms with Crippen molar-refractivity contribution in [2.45, 2.75) is 13.3 Å². The van der Waals surface area contributed by atoms with E-state index in [0.29, 0.717) is 17.8 Å². The first-order chi connectivity index (χ1) is 13.1. The molecule has 5 heteroatoms. The number of amides is 2. The maximum Gasteiger partial charge on any atom is 0.248 e. The van der Waals surface area contributed by atoms with Gasteiger partial charge in [-0.2, -0.15) is 0 Å². The molecular weight excluding hydrogens is 356 g/mol. The summed E-state index contributed by atoms with van der Waals surface area (Å²) in [5.74, 6) is -0.240. The third kappa shape index (κ3) is 5.39. The Morgan fingerprint density at radius 3 is 2.22 bits per heavy atom. The lowest BCUT2D eigenvalue weighted by Gasteiger charge is -2.05. The minimum absolute atomic E-state index is 0.0412. The van der Waals surface area contributed by atoms with Crippen LogP contribution in [0.2, 0.25) is 0 Å². The van der Waals surface area contributed by atoms with Gasteiger partial charge in [0, 0.05) is 33.6 Å². The molecule has 2 aromatic carbocycles. The van der Waals surface area contributed by atoms with Crippen LogP contribution in [0.5, 0.6) is 0 Å². The predicted octanol–water partition coefficient (Wildman–Crippen LogP) is 5.42. The van der Waals surface area contributed by atoms with Crippen LogP contribution in [0.4, 0.5) is 11.4 Å². The summed E-state index contributed by atoms with van der Waals surface area (Å²) in [6.07, 6.45) is 3.76. The van der Waals surface area contributed by atoms with Crippen molar-refractivity contribution in [1.29, 1.82) is 0 Å². The second-order valence-electron chi connectivity index (χ2n) is 5.87. The topological polar surface area (TPSA) is 58.2 Å². The SMILES string of the molecule is CCC(=O)Nc1ccc(NC(=O)C=Cc2ccc(-c3ccccc3)s2)cc1. The van der Waals surface area contributed by atoms with E-state index >= 15 is 0 Å². The summed E-state index contributed by atoms with van der Waals surface area (Å²) in [5.41, 5.74) is 2.56. The second-order valence-corrected chi connectivity index (χ2v) is 6.99. The first-order valence-electron chi connectivity index (χ1n) is 8.68.